The number of aliphatic hydroxyl groups excluding tert-OH is 1. The molecule has 114 valence electrons. The number of hydrogen-bond acceptors (Lipinski definition) is 5. The molecule has 21 heavy (non-hydrogen) atoms. The monoisotopic (exact) mass is 293 g/mol. The van der Waals surface area contributed by atoms with Crippen LogP contribution in [0.2, 0.25) is 0 Å². The number of nitro groups is 1. The third-order valence-electron chi connectivity index (χ3n) is 3.46. The van der Waals surface area contributed by atoms with Gasteiger partial charge < -0.3 is 15.3 Å². The number of anilines is 1. The minimum Gasteiger partial charge on any atom is -0.391 e. The number of likely N-dealkylation sites (tertiary alicyclic amines) is 1. The average Bonchev–Trinajstić information content (AvgIpc) is 2.90. The second-order valence-electron chi connectivity index (χ2n) is 5.11. The minimum atomic E-state index is -0.482. The Morgan fingerprint density at radius 1 is 1.57 bits per heavy atom. The van der Waals surface area contributed by atoms with E-state index in [4.69, 9.17) is 0 Å². The lowest BCUT2D eigenvalue weighted by molar-refractivity contribution is -0.384. The van der Waals surface area contributed by atoms with Gasteiger partial charge in [-0.15, -0.1) is 0 Å². The number of amides is 1. The number of carbonyl (C=O) groups is 1. The first-order valence-corrected chi connectivity index (χ1v) is 7.02. The first kappa shape index (κ1) is 15.2. The molecule has 1 aliphatic rings. The van der Waals surface area contributed by atoms with E-state index < -0.39 is 11.0 Å². The summed E-state index contributed by atoms with van der Waals surface area (Å²) in [6.07, 6.45) is 0.914. The summed E-state index contributed by atoms with van der Waals surface area (Å²) in [6.45, 7) is 3.38. The number of hydrogen-bond donors (Lipinski definition) is 2. The van der Waals surface area contributed by atoms with Gasteiger partial charge in [-0.2, -0.15) is 0 Å². The van der Waals surface area contributed by atoms with Crippen molar-refractivity contribution in [1.82, 2.24) is 4.90 Å². The topological polar surface area (TPSA) is 95.7 Å². The van der Waals surface area contributed by atoms with Gasteiger partial charge in [-0.1, -0.05) is 6.92 Å². The molecule has 0 aliphatic carbocycles. The third kappa shape index (κ3) is 3.49. The number of carbonyl (C=O) groups excluding carboxylic acids is 1. The van der Waals surface area contributed by atoms with Gasteiger partial charge in [-0.05, 0) is 25.0 Å². The molecule has 1 heterocycles. The van der Waals surface area contributed by atoms with Crippen LogP contribution in [0.3, 0.4) is 0 Å². The predicted molar refractivity (Wildman–Crippen MR) is 78.4 cm³/mol. The Hall–Kier alpha value is -2.15. The summed E-state index contributed by atoms with van der Waals surface area (Å²) in [6, 6.07) is 4.32. The zero-order valence-corrected chi connectivity index (χ0v) is 11.9. The van der Waals surface area contributed by atoms with E-state index in [-0.39, 0.29) is 11.6 Å². The molecule has 7 heteroatoms. The van der Waals surface area contributed by atoms with E-state index in [1.165, 1.54) is 18.2 Å². The lowest BCUT2D eigenvalue weighted by atomic mass is 10.1. The van der Waals surface area contributed by atoms with Crippen LogP contribution in [-0.2, 0) is 0 Å². The van der Waals surface area contributed by atoms with E-state index >= 15 is 0 Å². The standard InChI is InChI=1S/C14H19N3O4/c1-2-6-15-12-8-10(3-4-13(12)17(20)21)14(19)16-7-5-11(18)9-16/h3-4,8,11,15,18H,2,5-7,9H2,1H3. The number of nitrogens with one attached hydrogen (secondary N) is 1. The SMILES string of the molecule is CCCNc1cc(C(=O)N2CCC(O)C2)ccc1[N+](=O)[O-]. The Morgan fingerprint density at radius 3 is 2.90 bits per heavy atom. The van der Waals surface area contributed by atoms with Crippen molar-refractivity contribution in [1.29, 1.82) is 0 Å². The molecule has 2 rings (SSSR count). The maximum Gasteiger partial charge on any atom is 0.292 e. The van der Waals surface area contributed by atoms with Gasteiger partial charge in [0.2, 0.25) is 0 Å². The molecule has 1 aromatic rings. The Balaban J connectivity index is 2.24. The van der Waals surface area contributed by atoms with Crippen molar-refractivity contribution in [3.8, 4) is 0 Å². The average molecular weight is 293 g/mol. The van der Waals surface area contributed by atoms with E-state index in [0.29, 0.717) is 37.3 Å². The highest BCUT2D eigenvalue weighted by molar-refractivity contribution is 5.96. The molecule has 1 atom stereocenters. The summed E-state index contributed by atoms with van der Waals surface area (Å²) >= 11 is 0. The number of benzene rings is 1. The van der Waals surface area contributed by atoms with Gasteiger partial charge in [0.05, 0.1) is 11.0 Å². The molecule has 1 fully saturated rings. The molecule has 1 saturated heterocycles. The Kier molecular flexibility index (Phi) is 4.74. The molecule has 7 nitrogen and oxygen atoms in total. The maximum absolute atomic E-state index is 12.3. The van der Waals surface area contributed by atoms with E-state index in [9.17, 15) is 20.0 Å². The van der Waals surface area contributed by atoms with Crippen molar-refractivity contribution in [2.45, 2.75) is 25.9 Å². The largest absolute Gasteiger partial charge is 0.391 e. The summed E-state index contributed by atoms with van der Waals surface area (Å²) in [4.78, 5) is 24.4. The number of β-amino-alcohol motifs (C(OH)–C–C–N with tert-alkyl or cyclic N) is 1. The number of rotatable bonds is 5. The summed E-state index contributed by atoms with van der Waals surface area (Å²) < 4.78 is 0. The maximum atomic E-state index is 12.3. The van der Waals surface area contributed by atoms with Crippen LogP contribution in [-0.4, -0.2) is 46.6 Å². The van der Waals surface area contributed by atoms with Crippen LogP contribution in [0.15, 0.2) is 18.2 Å². The Morgan fingerprint density at radius 2 is 2.33 bits per heavy atom. The summed E-state index contributed by atoms with van der Waals surface area (Å²) in [5.74, 6) is -0.207. The van der Waals surface area contributed by atoms with Crippen LogP contribution in [0, 0.1) is 10.1 Å². The van der Waals surface area contributed by atoms with E-state index in [1.54, 1.807) is 4.90 Å². The number of nitrogens with zero attached hydrogens (tertiary/aromatic N) is 2. The second-order valence-corrected chi connectivity index (χ2v) is 5.11. The van der Waals surface area contributed by atoms with Gasteiger partial charge in [-0.25, -0.2) is 0 Å². The van der Waals surface area contributed by atoms with E-state index in [2.05, 4.69) is 5.32 Å². The Labute approximate surface area is 122 Å². The van der Waals surface area contributed by atoms with Crippen LogP contribution in [0.4, 0.5) is 11.4 Å². The molecule has 1 aromatic carbocycles. The van der Waals surface area contributed by atoms with Gasteiger partial charge in [0.1, 0.15) is 5.69 Å². The van der Waals surface area contributed by atoms with Crippen molar-refractivity contribution in [3.63, 3.8) is 0 Å². The van der Waals surface area contributed by atoms with Crippen molar-refractivity contribution < 1.29 is 14.8 Å². The van der Waals surface area contributed by atoms with Gasteiger partial charge >= 0.3 is 0 Å². The van der Waals surface area contributed by atoms with Crippen molar-refractivity contribution >= 4 is 17.3 Å². The molecule has 0 aromatic heterocycles. The second kappa shape index (κ2) is 6.53. The fourth-order valence-corrected chi connectivity index (χ4v) is 2.34. The van der Waals surface area contributed by atoms with E-state index in [0.717, 1.165) is 6.42 Å². The fraction of sp³-hybridized carbons (Fsp3) is 0.500. The van der Waals surface area contributed by atoms with Crippen LogP contribution < -0.4 is 5.32 Å². The van der Waals surface area contributed by atoms with Crippen LogP contribution in [0.5, 0.6) is 0 Å². The first-order valence-electron chi connectivity index (χ1n) is 7.02. The van der Waals surface area contributed by atoms with Crippen molar-refractivity contribution in [3.05, 3.63) is 33.9 Å². The Bertz CT molecular complexity index is 547. The van der Waals surface area contributed by atoms with Crippen LogP contribution in [0.25, 0.3) is 0 Å². The van der Waals surface area contributed by atoms with Gasteiger partial charge in [0.15, 0.2) is 0 Å². The van der Waals surface area contributed by atoms with Crippen LogP contribution >= 0.6 is 0 Å². The molecular formula is C14H19N3O4. The lowest BCUT2D eigenvalue weighted by Crippen LogP contribution is -2.29. The normalized spacial score (nSPS) is 17.8. The molecule has 1 amide bonds. The molecule has 0 saturated carbocycles. The first-order chi connectivity index (χ1) is 10.0. The van der Waals surface area contributed by atoms with Gasteiger partial charge in [0, 0.05) is 31.3 Å². The molecule has 0 radical (unpaired) electrons. The highest BCUT2D eigenvalue weighted by Gasteiger charge is 2.26. The predicted octanol–water partition coefficient (Wildman–Crippen LogP) is 1.62. The molecular weight excluding hydrogens is 274 g/mol. The quantitative estimate of drug-likeness (QED) is 0.635. The van der Waals surface area contributed by atoms with Crippen molar-refractivity contribution in [2.24, 2.45) is 0 Å². The van der Waals surface area contributed by atoms with Crippen LogP contribution in [0.1, 0.15) is 30.1 Å². The lowest BCUT2D eigenvalue weighted by Gasteiger charge is -2.16. The number of nitro benzene ring substituents is 1. The highest BCUT2D eigenvalue weighted by atomic mass is 16.6. The smallest absolute Gasteiger partial charge is 0.292 e. The van der Waals surface area contributed by atoms with Gasteiger partial charge in [0.25, 0.3) is 11.6 Å². The molecule has 0 bridgehead atoms. The summed E-state index contributed by atoms with van der Waals surface area (Å²) in [5, 5.41) is 23.5. The molecule has 2 N–H and O–H groups in total. The summed E-state index contributed by atoms with van der Waals surface area (Å²) in [5.41, 5.74) is 0.710. The molecule has 1 unspecified atom stereocenters. The molecule has 0 spiro atoms. The molecule has 1 aliphatic heterocycles. The third-order valence-corrected chi connectivity index (χ3v) is 3.46. The van der Waals surface area contributed by atoms with Gasteiger partial charge in [-0.3, -0.25) is 14.9 Å². The zero-order valence-electron chi connectivity index (χ0n) is 11.9. The van der Waals surface area contributed by atoms with E-state index in [1.807, 2.05) is 6.92 Å². The highest BCUT2D eigenvalue weighted by Crippen LogP contribution is 2.26. The minimum absolute atomic E-state index is 0.0403. The van der Waals surface area contributed by atoms with Crippen molar-refractivity contribution in [2.75, 3.05) is 25.0 Å². The number of aliphatic hydroxyl groups is 1. The zero-order chi connectivity index (χ0) is 15.4. The fourth-order valence-electron chi connectivity index (χ4n) is 2.34. The summed E-state index contributed by atoms with van der Waals surface area (Å²) in [7, 11) is 0.